The second-order valence-corrected chi connectivity index (χ2v) is 6.75. The average Bonchev–Trinajstić information content (AvgIpc) is 3.03. The molecule has 2 atom stereocenters. The number of hydrogen-bond acceptors (Lipinski definition) is 4. The van der Waals surface area contributed by atoms with E-state index in [0.29, 0.717) is 26.1 Å². The maximum Gasteiger partial charge on any atom is 0.250 e. The second-order valence-electron chi connectivity index (χ2n) is 6.75. The molecule has 1 aromatic carbocycles. The van der Waals surface area contributed by atoms with Crippen LogP contribution >= 0.6 is 0 Å². The van der Waals surface area contributed by atoms with Crippen molar-refractivity contribution < 1.29 is 9.53 Å². The van der Waals surface area contributed by atoms with Crippen LogP contribution in [0.25, 0.3) is 0 Å². The minimum absolute atomic E-state index is 0.0339. The Labute approximate surface area is 153 Å². The lowest BCUT2D eigenvalue weighted by atomic mass is 9.95. The Kier molecular flexibility index (Phi) is 5.42. The highest BCUT2D eigenvalue weighted by Crippen LogP contribution is 2.28. The average molecular weight is 355 g/mol. The number of nitrogens with zero attached hydrogens (tertiary/aromatic N) is 2. The number of likely N-dealkylation sites (tertiary alicyclic amines) is 1. The molecule has 2 heterocycles. The van der Waals surface area contributed by atoms with Crippen molar-refractivity contribution in [3.05, 3.63) is 64.1 Å². The summed E-state index contributed by atoms with van der Waals surface area (Å²) < 4.78 is 6.82. The monoisotopic (exact) mass is 355 g/mol. The number of carbonyl (C=O) groups is 1. The van der Waals surface area contributed by atoms with Gasteiger partial charge in [-0.05, 0) is 30.7 Å². The van der Waals surface area contributed by atoms with Crippen molar-refractivity contribution in [1.82, 2.24) is 9.47 Å². The Hall–Kier alpha value is -2.60. The molecule has 1 fully saturated rings. The lowest BCUT2D eigenvalue weighted by Gasteiger charge is -2.17. The predicted octanol–water partition coefficient (Wildman–Crippen LogP) is 1.51. The van der Waals surface area contributed by atoms with Gasteiger partial charge in [-0.15, -0.1) is 0 Å². The van der Waals surface area contributed by atoms with Crippen LogP contribution in [-0.2, 0) is 11.3 Å². The Morgan fingerprint density at radius 1 is 1.19 bits per heavy atom. The molecule has 1 amide bonds. The van der Waals surface area contributed by atoms with Gasteiger partial charge in [-0.3, -0.25) is 9.59 Å². The molecule has 1 aliphatic heterocycles. The highest BCUT2D eigenvalue weighted by atomic mass is 16.5. The van der Waals surface area contributed by atoms with Crippen LogP contribution in [0.1, 0.15) is 23.6 Å². The van der Waals surface area contributed by atoms with Gasteiger partial charge >= 0.3 is 0 Å². The molecule has 6 heteroatoms. The summed E-state index contributed by atoms with van der Waals surface area (Å²) in [5.41, 5.74) is 8.18. The number of carbonyl (C=O) groups excluding carboxylic acids is 1. The summed E-state index contributed by atoms with van der Waals surface area (Å²) in [6.45, 7) is 3.41. The van der Waals surface area contributed by atoms with E-state index < -0.39 is 0 Å². The van der Waals surface area contributed by atoms with Gasteiger partial charge in [0.05, 0.1) is 7.11 Å². The first kappa shape index (κ1) is 18.2. The number of amides is 1. The molecule has 0 aliphatic carbocycles. The Morgan fingerprint density at radius 2 is 1.92 bits per heavy atom. The van der Waals surface area contributed by atoms with Gasteiger partial charge < -0.3 is 19.9 Å². The zero-order chi connectivity index (χ0) is 18.7. The van der Waals surface area contributed by atoms with Crippen LogP contribution < -0.4 is 16.0 Å². The fourth-order valence-corrected chi connectivity index (χ4v) is 3.51. The summed E-state index contributed by atoms with van der Waals surface area (Å²) in [5.74, 6) is 0.953. The quantitative estimate of drug-likeness (QED) is 0.882. The van der Waals surface area contributed by atoms with Crippen LogP contribution in [0.5, 0.6) is 5.75 Å². The summed E-state index contributed by atoms with van der Waals surface area (Å²) in [5, 5.41) is 0. The van der Waals surface area contributed by atoms with Crippen molar-refractivity contribution in [2.24, 2.45) is 5.73 Å². The molecule has 6 nitrogen and oxygen atoms in total. The molecule has 0 saturated carbocycles. The molecule has 0 radical (unpaired) electrons. The SMILES string of the molecule is COc1ccc(C2CN(C(=O)CCn3c(C)cccc3=O)CC2N)cc1. The summed E-state index contributed by atoms with van der Waals surface area (Å²) >= 11 is 0. The van der Waals surface area contributed by atoms with Crippen molar-refractivity contribution >= 4 is 5.91 Å². The summed E-state index contributed by atoms with van der Waals surface area (Å²) in [6.07, 6.45) is 0.298. The van der Waals surface area contributed by atoms with Gasteiger partial charge in [0.1, 0.15) is 5.75 Å². The van der Waals surface area contributed by atoms with Gasteiger partial charge in [0.25, 0.3) is 5.56 Å². The van der Waals surface area contributed by atoms with E-state index in [1.54, 1.807) is 17.7 Å². The van der Waals surface area contributed by atoms with Gasteiger partial charge in [0.15, 0.2) is 0 Å². The molecule has 26 heavy (non-hydrogen) atoms. The molecule has 138 valence electrons. The summed E-state index contributed by atoms with van der Waals surface area (Å²) in [6, 6.07) is 12.9. The highest BCUT2D eigenvalue weighted by molar-refractivity contribution is 5.76. The van der Waals surface area contributed by atoms with Gasteiger partial charge in [0, 0.05) is 49.8 Å². The van der Waals surface area contributed by atoms with Crippen LogP contribution in [0, 0.1) is 6.92 Å². The number of rotatable bonds is 5. The predicted molar refractivity (Wildman–Crippen MR) is 100 cm³/mol. The Morgan fingerprint density at radius 3 is 2.58 bits per heavy atom. The standard InChI is InChI=1S/C20H25N3O3/c1-14-4-3-5-20(25)23(14)11-10-19(24)22-12-17(18(21)13-22)15-6-8-16(26-2)9-7-15/h3-9,17-18H,10-13,21H2,1-2H3. The van der Waals surface area contributed by atoms with Crippen molar-refractivity contribution in [3.63, 3.8) is 0 Å². The van der Waals surface area contributed by atoms with Crippen molar-refractivity contribution in [2.45, 2.75) is 31.8 Å². The van der Waals surface area contributed by atoms with E-state index in [0.717, 1.165) is 17.0 Å². The zero-order valence-electron chi connectivity index (χ0n) is 15.2. The highest BCUT2D eigenvalue weighted by Gasteiger charge is 2.33. The third-order valence-electron chi connectivity index (χ3n) is 5.08. The number of aryl methyl sites for hydroxylation is 1. The third kappa shape index (κ3) is 3.80. The number of ether oxygens (including phenoxy) is 1. The molecule has 1 aliphatic rings. The molecule has 2 N–H and O–H groups in total. The molecular weight excluding hydrogens is 330 g/mol. The van der Waals surface area contributed by atoms with Gasteiger partial charge in [-0.1, -0.05) is 18.2 Å². The largest absolute Gasteiger partial charge is 0.497 e. The molecular formula is C20H25N3O3. The first-order chi connectivity index (χ1) is 12.5. The normalized spacial score (nSPS) is 19.6. The molecule has 0 bridgehead atoms. The molecule has 2 unspecified atom stereocenters. The van der Waals surface area contributed by atoms with E-state index in [1.165, 1.54) is 6.07 Å². The van der Waals surface area contributed by atoms with Crippen LogP contribution in [0.15, 0.2) is 47.3 Å². The van der Waals surface area contributed by atoms with Crippen molar-refractivity contribution in [2.75, 3.05) is 20.2 Å². The number of nitrogens with two attached hydrogens (primary N) is 1. The lowest BCUT2D eigenvalue weighted by Crippen LogP contribution is -2.33. The Balaban J connectivity index is 1.63. The first-order valence-corrected chi connectivity index (χ1v) is 8.83. The maximum absolute atomic E-state index is 12.6. The number of pyridine rings is 1. The van der Waals surface area contributed by atoms with E-state index in [9.17, 15) is 9.59 Å². The molecule has 3 rings (SSSR count). The molecule has 1 saturated heterocycles. The van der Waals surface area contributed by atoms with Crippen LogP contribution in [0.2, 0.25) is 0 Å². The smallest absolute Gasteiger partial charge is 0.250 e. The van der Waals surface area contributed by atoms with Gasteiger partial charge in [0.2, 0.25) is 5.91 Å². The molecule has 2 aromatic rings. The first-order valence-electron chi connectivity index (χ1n) is 8.83. The van der Waals surface area contributed by atoms with Crippen molar-refractivity contribution in [3.8, 4) is 5.75 Å². The number of hydrogen-bond donors (Lipinski definition) is 1. The molecule has 0 spiro atoms. The van der Waals surface area contributed by atoms with E-state index >= 15 is 0 Å². The van der Waals surface area contributed by atoms with Crippen LogP contribution in [0.4, 0.5) is 0 Å². The maximum atomic E-state index is 12.6. The van der Waals surface area contributed by atoms with Gasteiger partial charge in [-0.2, -0.15) is 0 Å². The van der Waals surface area contributed by atoms with Crippen molar-refractivity contribution in [1.29, 1.82) is 0 Å². The fourth-order valence-electron chi connectivity index (χ4n) is 3.51. The minimum atomic E-state index is -0.0893. The van der Waals surface area contributed by atoms with Gasteiger partial charge in [-0.25, -0.2) is 0 Å². The fraction of sp³-hybridized carbons (Fsp3) is 0.400. The van der Waals surface area contributed by atoms with Crippen LogP contribution in [-0.4, -0.2) is 41.6 Å². The topological polar surface area (TPSA) is 77.6 Å². The number of methoxy groups -OCH3 is 1. The summed E-state index contributed by atoms with van der Waals surface area (Å²) in [7, 11) is 1.64. The van der Waals surface area contributed by atoms with E-state index in [4.69, 9.17) is 10.5 Å². The molecule has 1 aromatic heterocycles. The second kappa shape index (κ2) is 7.74. The number of benzene rings is 1. The van der Waals surface area contributed by atoms with E-state index in [1.807, 2.05) is 42.2 Å². The van der Waals surface area contributed by atoms with E-state index in [2.05, 4.69) is 0 Å². The Bertz CT molecular complexity index is 829. The minimum Gasteiger partial charge on any atom is -0.497 e. The van der Waals surface area contributed by atoms with E-state index in [-0.39, 0.29) is 23.4 Å². The van der Waals surface area contributed by atoms with Crippen LogP contribution in [0.3, 0.4) is 0 Å². The zero-order valence-corrected chi connectivity index (χ0v) is 15.2. The third-order valence-corrected chi connectivity index (χ3v) is 5.08. The summed E-state index contributed by atoms with van der Waals surface area (Å²) in [4.78, 5) is 26.3. The number of aromatic nitrogens is 1. The lowest BCUT2D eigenvalue weighted by molar-refractivity contribution is -0.130.